The van der Waals surface area contributed by atoms with Gasteiger partial charge in [-0.2, -0.15) is 0 Å². The van der Waals surface area contributed by atoms with Gasteiger partial charge in [0, 0.05) is 49.4 Å². The zero-order chi connectivity index (χ0) is 20.8. The molecule has 1 fully saturated rings. The third-order valence-electron chi connectivity index (χ3n) is 6.19. The fourth-order valence-corrected chi connectivity index (χ4v) is 4.62. The summed E-state index contributed by atoms with van der Waals surface area (Å²) < 4.78 is 0. The maximum absolute atomic E-state index is 12.9. The van der Waals surface area contributed by atoms with Crippen molar-refractivity contribution >= 4 is 23.5 Å². The molecular weight excluding hydrogens is 382 g/mol. The van der Waals surface area contributed by atoms with Crippen LogP contribution in [0.2, 0.25) is 0 Å². The summed E-state index contributed by atoms with van der Waals surface area (Å²) in [6, 6.07) is 9.19. The first-order valence-electron chi connectivity index (χ1n) is 10.2. The van der Waals surface area contributed by atoms with Crippen molar-refractivity contribution in [2.75, 3.05) is 11.4 Å². The molecule has 0 saturated carbocycles. The lowest BCUT2D eigenvalue weighted by molar-refractivity contribution is -0.136. The van der Waals surface area contributed by atoms with Crippen LogP contribution in [0.4, 0.5) is 5.82 Å². The highest BCUT2D eigenvalue weighted by Gasteiger charge is 2.39. The number of amides is 3. The van der Waals surface area contributed by atoms with E-state index in [2.05, 4.69) is 15.2 Å². The molecule has 0 aliphatic carbocycles. The van der Waals surface area contributed by atoms with Crippen LogP contribution in [0, 0.1) is 0 Å². The Morgan fingerprint density at radius 1 is 1.17 bits per heavy atom. The van der Waals surface area contributed by atoms with E-state index in [9.17, 15) is 14.4 Å². The highest BCUT2D eigenvalue weighted by Crippen LogP contribution is 2.32. The van der Waals surface area contributed by atoms with E-state index in [1.54, 1.807) is 11.1 Å². The molecule has 4 heterocycles. The van der Waals surface area contributed by atoms with Crippen LogP contribution in [0.1, 0.15) is 52.4 Å². The number of aromatic nitrogens is 1. The number of rotatable bonds is 3. The zero-order valence-electron chi connectivity index (χ0n) is 16.5. The molecule has 8 heteroatoms. The molecule has 154 valence electrons. The van der Waals surface area contributed by atoms with Crippen LogP contribution in [0.25, 0.3) is 0 Å². The Hall–Kier alpha value is -3.26. The van der Waals surface area contributed by atoms with Crippen LogP contribution in [-0.4, -0.2) is 40.2 Å². The maximum atomic E-state index is 12.9. The third kappa shape index (κ3) is 3.13. The van der Waals surface area contributed by atoms with Crippen LogP contribution in [0.3, 0.4) is 0 Å². The summed E-state index contributed by atoms with van der Waals surface area (Å²) in [6.07, 6.45) is 3.27. The molecule has 30 heavy (non-hydrogen) atoms. The summed E-state index contributed by atoms with van der Waals surface area (Å²) in [5.41, 5.74) is 9.92. The molecule has 0 radical (unpaired) electrons. The Morgan fingerprint density at radius 2 is 2.03 bits per heavy atom. The van der Waals surface area contributed by atoms with Gasteiger partial charge in [0.15, 0.2) is 0 Å². The predicted octanol–water partition coefficient (Wildman–Crippen LogP) is 1.25. The highest BCUT2D eigenvalue weighted by atomic mass is 16.2. The molecule has 3 amide bonds. The van der Waals surface area contributed by atoms with Crippen molar-refractivity contribution in [1.82, 2.24) is 15.2 Å². The SMILES string of the molecule is NC1CCN(Cc2ccc3c(c2)CN(C2CCC(=O)NC2=O)C3=O)c2ncccc21. The average Bonchev–Trinajstić information content (AvgIpc) is 3.06. The fraction of sp³-hybridized carbons (Fsp3) is 0.364. The first-order valence-corrected chi connectivity index (χ1v) is 10.2. The standard InChI is InChI=1S/C22H23N5O3/c23-17-7-9-26(20-16(17)2-1-8-24-20)11-13-3-4-15-14(10-13)12-27(22(15)30)18-5-6-19(28)25-21(18)29/h1-4,8,10,17-18H,5-7,9,11-12,23H2,(H,25,28,29). The van der Waals surface area contributed by atoms with Crippen molar-refractivity contribution in [1.29, 1.82) is 0 Å². The van der Waals surface area contributed by atoms with E-state index in [1.165, 1.54) is 0 Å². The number of piperidine rings is 1. The lowest BCUT2D eigenvalue weighted by Gasteiger charge is -2.33. The largest absolute Gasteiger partial charge is 0.352 e. The fourth-order valence-electron chi connectivity index (χ4n) is 4.62. The summed E-state index contributed by atoms with van der Waals surface area (Å²) in [4.78, 5) is 44.8. The smallest absolute Gasteiger partial charge is 0.255 e. The number of benzene rings is 1. The number of carbonyl (C=O) groups excluding carboxylic acids is 3. The summed E-state index contributed by atoms with van der Waals surface area (Å²) in [7, 11) is 0. The normalized spacial score (nSPS) is 23.3. The Kier molecular flexibility index (Phi) is 4.51. The zero-order valence-corrected chi connectivity index (χ0v) is 16.5. The van der Waals surface area contributed by atoms with Gasteiger partial charge in [0.1, 0.15) is 11.9 Å². The van der Waals surface area contributed by atoms with Crippen LogP contribution in [0.15, 0.2) is 36.5 Å². The van der Waals surface area contributed by atoms with Gasteiger partial charge in [0.05, 0.1) is 0 Å². The second-order valence-corrected chi connectivity index (χ2v) is 8.12. The average molecular weight is 405 g/mol. The summed E-state index contributed by atoms with van der Waals surface area (Å²) in [6.45, 7) is 1.88. The van der Waals surface area contributed by atoms with Gasteiger partial charge in [-0.15, -0.1) is 0 Å². The number of carbonyl (C=O) groups is 3. The molecule has 1 aromatic heterocycles. The van der Waals surface area contributed by atoms with Crippen molar-refractivity contribution in [2.45, 2.75) is 44.4 Å². The predicted molar refractivity (Wildman–Crippen MR) is 109 cm³/mol. The minimum Gasteiger partial charge on any atom is -0.352 e. The summed E-state index contributed by atoms with van der Waals surface area (Å²) >= 11 is 0. The number of hydrogen-bond donors (Lipinski definition) is 2. The molecule has 3 aliphatic rings. The molecule has 2 unspecified atom stereocenters. The van der Waals surface area contributed by atoms with Crippen molar-refractivity contribution in [3.63, 3.8) is 0 Å². The molecule has 2 aromatic rings. The van der Waals surface area contributed by atoms with E-state index < -0.39 is 6.04 Å². The number of anilines is 1. The molecule has 2 atom stereocenters. The van der Waals surface area contributed by atoms with Gasteiger partial charge in [-0.1, -0.05) is 18.2 Å². The number of nitrogens with two attached hydrogens (primary N) is 1. The number of hydrogen-bond acceptors (Lipinski definition) is 6. The number of nitrogens with zero attached hydrogens (tertiary/aromatic N) is 3. The van der Waals surface area contributed by atoms with Crippen molar-refractivity contribution in [3.05, 3.63) is 58.8 Å². The third-order valence-corrected chi connectivity index (χ3v) is 6.19. The Balaban J connectivity index is 1.36. The van der Waals surface area contributed by atoms with E-state index in [0.717, 1.165) is 35.5 Å². The maximum Gasteiger partial charge on any atom is 0.255 e. The summed E-state index contributed by atoms with van der Waals surface area (Å²) in [5.74, 6) is 0.0952. The van der Waals surface area contributed by atoms with Gasteiger partial charge in [0.25, 0.3) is 5.91 Å². The molecule has 3 N–H and O–H groups in total. The molecule has 1 aromatic carbocycles. The van der Waals surface area contributed by atoms with Gasteiger partial charge in [0.2, 0.25) is 11.8 Å². The van der Waals surface area contributed by atoms with Crippen molar-refractivity contribution < 1.29 is 14.4 Å². The number of nitrogens with one attached hydrogen (secondary N) is 1. The first kappa shape index (κ1) is 18.7. The van der Waals surface area contributed by atoms with E-state index >= 15 is 0 Å². The van der Waals surface area contributed by atoms with Gasteiger partial charge in [-0.3, -0.25) is 19.7 Å². The molecule has 5 rings (SSSR count). The molecule has 8 nitrogen and oxygen atoms in total. The highest BCUT2D eigenvalue weighted by molar-refractivity contribution is 6.05. The molecule has 1 saturated heterocycles. The Morgan fingerprint density at radius 3 is 2.87 bits per heavy atom. The molecule has 3 aliphatic heterocycles. The van der Waals surface area contributed by atoms with Gasteiger partial charge in [-0.05, 0) is 36.1 Å². The van der Waals surface area contributed by atoms with Crippen LogP contribution >= 0.6 is 0 Å². The number of fused-ring (bicyclic) bond motifs is 2. The molecule has 0 spiro atoms. The van der Waals surface area contributed by atoms with E-state index in [-0.39, 0.29) is 30.2 Å². The quantitative estimate of drug-likeness (QED) is 0.744. The van der Waals surface area contributed by atoms with Crippen LogP contribution in [0.5, 0.6) is 0 Å². The lowest BCUT2D eigenvalue weighted by Crippen LogP contribution is -2.52. The van der Waals surface area contributed by atoms with E-state index in [4.69, 9.17) is 5.73 Å². The second kappa shape index (κ2) is 7.21. The van der Waals surface area contributed by atoms with Crippen molar-refractivity contribution in [3.8, 4) is 0 Å². The van der Waals surface area contributed by atoms with Crippen LogP contribution < -0.4 is 16.0 Å². The van der Waals surface area contributed by atoms with Gasteiger partial charge < -0.3 is 15.5 Å². The van der Waals surface area contributed by atoms with Gasteiger partial charge >= 0.3 is 0 Å². The lowest BCUT2D eigenvalue weighted by atomic mass is 9.99. The van der Waals surface area contributed by atoms with Crippen LogP contribution in [-0.2, 0) is 22.7 Å². The second-order valence-electron chi connectivity index (χ2n) is 8.12. The monoisotopic (exact) mass is 405 g/mol. The molecule has 0 bridgehead atoms. The Bertz CT molecular complexity index is 1050. The summed E-state index contributed by atoms with van der Waals surface area (Å²) in [5, 5.41) is 2.34. The number of pyridine rings is 1. The number of imide groups is 1. The molecular formula is C22H23N5O3. The van der Waals surface area contributed by atoms with Gasteiger partial charge in [-0.25, -0.2) is 4.98 Å². The topological polar surface area (TPSA) is 109 Å². The first-order chi connectivity index (χ1) is 14.5. The van der Waals surface area contributed by atoms with E-state index in [0.29, 0.717) is 25.1 Å². The Labute approximate surface area is 174 Å². The minimum atomic E-state index is -0.592. The minimum absolute atomic E-state index is 0.00433. The van der Waals surface area contributed by atoms with Crippen molar-refractivity contribution in [2.24, 2.45) is 5.73 Å². The van der Waals surface area contributed by atoms with E-state index in [1.807, 2.05) is 30.3 Å².